The van der Waals surface area contributed by atoms with Gasteiger partial charge in [-0.15, -0.1) is 0 Å². The normalized spacial score (nSPS) is 12.7. The van der Waals surface area contributed by atoms with Crippen LogP contribution in [0.2, 0.25) is 0 Å². The summed E-state index contributed by atoms with van der Waals surface area (Å²) in [6.07, 6.45) is 4.40. The summed E-state index contributed by atoms with van der Waals surface area (Å²) >= 11 is 3.43. The molecule has 0 saturated carbocycles. The van der Waals surface area contributed by atoms with Crippen LogP contribution in [0, 0.1) is 13.8 Å². The molecule has 3 N–H and O–H groups in total. The number of pyridine rings is 1. The van der Waals surface area contributed by atoms with Crippen molar-refractivity contribution in [2.75, 3.05) is 0 Å². The van der Waals surface area contributed by atoms with E-state index in [1.54, 1.807) is 6.20 Å². The maximum atomic E-state index is 5.72. The molecule has 0 bridgehead atoms. The van der Waals surface area contributed by atoms with Crippen LogP contribution in [0.4, 0.5) is 0 Å². The molecular weight excluding hydrogens is 306 g/mol. The molecule has 5 nitrogen and oxygen atoms in total. The fraction of sp³-hybridized carbons (Fsp3) is 0.385. The lowest BCUT2D eigenvalue weighted by atomic mass is 9.99. The van der Waals surface area contributed by atoms with E-state index >= 15 is 0 Å². The fourth-order valence-corrected chi connectivity index (χ4v) is 2.75. The molecule has 0 amide bonds. The van der Waals surface area contributed by atoms with Crippen LogP contribution < -0.4 is 11.3 Å². The first kappa shape index (κ1) is 14.2. The minimum absolute atomic E-state index is 0.0322. The monoisotopic (exact) mass is 323 g/mol. The van der Waals surface area contributed by atoms with Gasteiger partial charge in [-0.3, -0.25) is 20.9 Å². The van der Waals surface area contributed by atoms with Crippen molar-refractivity contribution >= 4 is 15.9 Å². The molecule has 6 heteroatoms. The molecule has 19 heavy (non-hydrogen) atoms. The molecule has 0 saturated heterocycles. The molecule has 0 radical (unpaired) electrons. The van der Waals surface area contributed by atoms with Gasteiger partial charge in [0.1, 0.15) is 0 Å². The molecule has 2 heterocycles. The van der Waals surface area contributed by atoms with E-state index in [9.17, 15) is 0 Å². The Hall–Kier alpha value is -1.24. The van der Waals surface area contributed by atoms with E-state index in [1.165, 1.54) is 0 Å². The van der Waals surface area contributed by atoms with Crippen LogP contribution in [-0.2, 0) is 13.5 Å². The largest absolute Gasteiger partial charge is 0.272 e. The number of rotatable bonds is 4. The van der Waals surface area contributed by atoms with Crippen molar-refractivity contribution in [3.63, 3.8) is 0 Å². The molecule has 0 aliphatic heterocycles. The number of hydrogen-bond acceptors (Lipinski definition) is 4. The highest BCUT2D eigenvalue weighted by Gasteiger charge is 2.19. The smallest absolute Gasteiger partial charge is 0.0644 e. The highest BCUT2D eigenvalue weighted by atomic mass is 79.9. The van der Waals surface area contributed by atoms with Crippen LogP contribution in [0.5, 0.6) is 0 Å². The third-order valence-electron chi connectivity index (χ3n) is 3.32. The first-order valence-electron chi connectivity index (χ1n) is 6.08. The van der Waals surface area contributed by atoms with E-state index in [1.807, 2.05) is 24.9 Å². The second-order valence-corrected chi connectivity index (χ2v) is 5.56. The predicted octanol–water partition coefficient (Wildman–Crippen LogP) is 1.94. The average molecular weight is 324 g/mol. The Morgan fingerprint density at radius 2 is 2.16 bits per heavy atom. The molecular formula is C13H18BrN5. The molecule has 1 atom stereocenters. The molecule has 0 spiro atoms. The molecule has 2 rings (SSSR count). The van der Waals surface area contributed by atoms with Gasteiger partial charge in [-0.1, -0.05) is 0 Å². The topological polar surface area (TPSA) is 68.8 Å². The second-order valence-electron chi connectivity index (χ2n) is 4.64. The van der Waals surface area contributed by atoms with E-state index in [4.69, 9.17) is 5.84 Å². The minimum Gasteiger partial charge on any atom is -0.272 e. The summed E-state index contributed by atoms with van der Waals surface area (Å²) in [5, 5.41) is 4.43. The van der Waals surface area contributed by atoms with Gasteiger partial charge in [-0.2, -0.15) is 5.10 Å². The van der Waals surface area contributed by atoms with Gasteiger partial charge in [0, 0.05) is 35.2 Å². The van der Waals surface area contributed by atoms with Crippen LogP contribution in [0.3, 0.4) is 0 Å². The minimum atomic E-state index is 0.0322. The number of nitrogens with two attached hydrogens (primary N) is 1. The van der Waals surface area contributed by atoms with Crippen molar-refractivity contribution in [2.45, 2.75) is 26.3 Å². The molecule has 0 aromatic carbocycles. The van der Waals surface area contributed by atoms with E-state index < -0.39 is 0 Å². The molecule has 0 aliphatic carbocycles. The van der Waals surface area contributed by atoms with Gasteiger partial charge in [0.15, 0.2) is 0 Å². The SMILES string of the molecule is Cc1nn(C)c(C)c1C(Cc1cncc(Br)c1)NN. The zero-order valence-corrected chi connectivity index (χ0v) is 12.9. The maximum absolute atomic E-state index is 5.72. The third-order valence-corrected chi connectivity index (χ3v) is 3.75. The first-order chi connectivity index (χ1) is 9.02. The zero-order valence-electron chi connectivity index (χ0n) is 11.3. The Morgan fingerprint density at radius 1 is 1.42 bits per heavy atom. The number of hydrazine groups is 1. The number of nitrogens with zero attached hydrogens (tertiary/aromatic N) is 3. The molecule has 2 aromatic heterocycles. The van der Waals surface area contributed by atoms with Gasteiger partial charge in [0.2, 0.25) is 0 Å². The summed E-state index contributed by atoms with van der Waals surface area (Å²) in [5.74, 6) is 5.72. The third kappa shape index (κ3) is 3.02. The summed E-state index contributed by atoms with van der Waals surface area (Å²) in [5.41, 5.74) is 7.30. The number of aromatic nitrogens is 3. The van der Waals surface area contributed by atoms with Gasteiger partial charge in [-0.25, -0.2) is 0 Å². The summed E-state index contributed by atoms with van der Waals surface area (Å²) in [6.45, 7) is 4.06. The van der Waals surface area contributed by atoms with Gasteiger partial charge < -0.3 is 0 Å². The Bertz CT molecular complexity index is 578. The summed E-state index contributed by atoms with van der Waals surface area (Å²) < 4.78 is 2.86. The van der Waals surface area contributed by atoms with Crippen molar-refractivity contribution in [3.8, 4) is 0 Å². The summed E-state index contributed by atoms with van der Waals surface area (Å²) in [4.78, 5) is 4.18. The molecule has 0 aliphatic rings. The molecule has 1 unspecified atom stereocenters. The van der Waals surface area contributed by atoms with E-state index in [2.05, 4.69) is 44.4 Å². The summed E-state index contributed by atoms with van der Waals surface area (Å²) in [7, 11) is 1.94. The lowest BCUT2D eigenvalue weighted by Gasteiger charge is -2.17. The number of nitrogens with one attached hydrogen (secondary N) is 1. The Balaban J connectivity index is 2.30. The number of halogens is 1. The average Bonchev–Trinajstić information content (AvgIpc) is 2.61. The van der Waals surface area contributed by atoms with Crippen LogP contribution in [0.1, 0.15) is 28.6 Å². The van der Waals surface area contributed by atoms with Crippen molar-refractivity contribution in [2.24, 2.45) is 12.9 Å². The van der Waals surface area contributed by atoms with E-state index in [-0.39, 0.29) is 6.04 Å². The van der Waals surface area contributed by atoms with Crippen LogP contribution in [-0.4, -0.2) is 14.8 Å². The van der Waals surface area contributed by atoms with Gasteiger partial charge in [0.05, 0.1) is 11.7 Å². The fourth-order valence-electron chi connectivity index (χ4n) is 2.34. The zero-order chi connectivity index (χ0) is 14.0. The number of aryl methyl sites for hydroxylation is 2. The van der Waals surface area contributed by atoms with Crippen molar-refractivity contribution in [3.05, 3.63) is 45.4 Å². The standard InChI is InChI=1S/C13H18BrN5/c1-8-13(9(2)19(3)18-8)12(17-15)5-10-4-11(14)7-16-6-10/h4,6-7,12,17H,5,15H2,1-3H3. The molecule has 0 fully saturated rings. The number of hydrogen-bond donors (Lipinski definition) is 2. The highest BCUT2D eigenvalue weighted by molar-refractivity contribution is 9.10. The quantitative estimate of drug-likeness (QED) is 0.666. The lowest BCUT2D eigenvalue weighted by molar-refractivity contribution is 0.545. The molecule has 2 aromatic rings. The maximum Gasteiger partial charge on any atom is 0.0644 e. The van der Waals surface area contributed by atoms with Gasteiger partial charge in [0.25, 0.3) is 0 Å². The summed E-state index contributed by atoms with van der Waals surface area (Å²) in [6, 6.07) is 2.09. The van der Waals surface area contributed by atoms with Crippen LogP contribution in [0.15, 0.2) is 22.9 Å². The Kier molecular flexibility index (Phi) is 4.34. The highest BCUT2D eigenvalue weighted by Crippen LogP contribution is 2.24. The van der Waals surface area contributed by atoms with Crippen LogP contribution >= 0.6 is 15.9 Å². The van der Waals surface area contributed by atoms with Crippen molar-refractivity contribution in [1.29, 1.82) is 0 Å². The Morgan fingerprint density at radius 3 is 2.68 bits per heavy atom. The Labute approximate surface area is 121 Å². The van der Waals surface area contributed by atoms with Crippen molar-refractivity contribution in [1.82, 2.24) is 20.2 Å². The second kappa shape index (κ2) is 5.81. The van der Waals surface area contributed by atoms with Crippen LogP contribution in [0.25, 0.3) is 0 Å². The van der Waals surface area contributed by atoms with Gasteiger partial charge in [-0.05, 0) is 47.8 Å². The van der Waals surface area contributed by atoms with Gasteiger partial charge >= 0.3 is 0 Å². The first-order valence-corrected chi connectivity index (χ1v) is 6.88. The molecule has 102 valence electrons. The predicted molar refractivity (Wildman–Crippen MR) is 78.4 cm³/mol. The lowest BCUT2D eigenvalue weighted by Crippen LogP contribution is -2.30. The van der Waals surface area contributed by atoms with E-state index in [0.29, 0.717) is 0 Å². The van der Waals surface area contributed by atoms with Crippen molar-refractivity contribution < 1.29 is 0 Å². The van der Waals surface area contributed by atoms with E-state index in [0.717, 1.165) is 33.4 Å².